The summed E-state index contributed by atoms with van der Waals surface area (Å²) in [5.41, 5.74) is 2.51. The molecule has 0 aromatic carbocycles. The van der Waals surface area contributed by atoms with Gasteiger partial charge < -0.3 is 10.2 Å². The van der Waals surface area contributed by atoms with Gasteiger partial charge in [-0.3, -0.25) is 9.11 Å². The van der Waals surface area contributed by atoms with Gasteiger partial charge >= 0.3 is 0 Å². The first kappa shape index (κ1) is 21.7. The second kappa shape index (κ2) is 8.36. The molecule has 1 atom stereocenters. The summed E-state index contributed by atoms with van der Waals surface area (Å²) in [6.07, 6.45) is 2.72. The lowest BCUT2D eigenvalue weighted by Gasteiger charge is -2.34. The van der Waals surface area contributed by atoms with Crippen LogP contribution in [-0.2, 0) is 26.8 Å². The Morgan fingerprint density at radius 2 is 1.56 bits per heavy atom. The maximum Gasteiger partial charge on any atom is 0.261 e. The normalized spacial score (nSPS) is 19.0. The molecule has 0 saturated carbocycles. The lowest BCUT2D eigenvalue weighted by molar-refractivity contribution is 0.488. The maximum atomic E-state index is 9.19. The van der Waals surface area contributed by atoms with Crippen molar-refractivity contribution in [2.24, 2.45) is 0 Å². The van der Waals surface area contributed by atoms with Crippen molar-refractivity contribution in [3.63, 3.8) is 0 Å². The summed E-state index contributed by atoms with van der Waals surface area (Å²) in [6.45, 7) is 7.35. The van der Waals surface area contributed by atoms with E-state index in [1.807, 2.05) is 6.92 Å². The molecule has 0 unspecified atom stereocenters. The van der Waals surface area contributed by atoms with E-state index in [2.05, 4.69) is 27.1 Å². The molecule has 0 amide bonds. The molecule has 144 valence electrons. The molecule has 12 heteroatoms. The average molecular weight is 396 g/mol. The highest BCUT2D eigenvalue weighted by Gasteiger charge is 2.28. The first-order valence-corrected chi connectivity index (χ1v) is 11.2. The van der Waals surface area contributed by atoms with E-state index >= 15 is 0 Å². The number of hydrogen-bond donors (Lipinski definition) is 3. The number of anilines is 1. The largest absolute Gasteiger partial charge is 0.356 e. The number of hydrogen-bond acceptors (Lipinski definition) is 8. The summed E-state index contributed by atoms with van der Waals surface area (Å²) in [5, 5.41) is 3.43. The minimum absolute atomic E-state index is 0.399. The molecule has 0 radical (unpaired) electrons. The van der Waals surface area contributed by atoms with Crippen molar-refractivity contribution < 1.29 is 25.9 Å². The number of nitrogens with one attached hydrogen (secondary N) is 1. The molecule has 0 aliphatic carbocycles. The average Bonchev–Trinajstić information content (AvgIpc) is 2.63. The Labute approximate surface area is 148 Å². The van der Waals surface area contributed by atoms with E-state index in [1.165, 1.54) is 23.5 Å². The number of nitrogens with zero attached hydrogens (tertiary/aromatic N) is 3. The molecule has 1 aromatic rings. The highest BCUT2D eigenvalue weighted by atomic mass is 32.2. The Hall–Kier alpha value is -1.34. The second-order valence-electron chi connectivity index (χ2n) is 5.86. The number of aryl methyl sites for hydroxylation is 1. The predicted molar refractivity (Wildman–Crippen MR) is 93.8 cm³/mol. The highest BCUT2D eigenvalue weighted by molar-refractivity contribution is 7.85. The zero-order valence-electron chi connectivity index (χ0n) is 14.6. The Kier molecular flexibility index (Phi) is 7.26. The van der Waals surface area contributed by atoms with Crippen molar-refractivity contribution in [1.82, 2.24) is 15.3 Å². The van der Waals surface area contributed by atoms with Crippen molar-refractivity contribution in [3.8, 4) is 0 Å². The van der Waals surface area contributed by atoms with Crippen LogP contribution in [0.5, 0.6) is 0 Å². The van der Waals surface area contributed by atoms with E-state index in [1.54, 1.807) is 0 Å². The molecule has 25 heavy (non-hydrogen) atoms. The van der Waals surface area contributed by atoms with Gasteiger partial charge in [0.1, 0.15) is 11.6 Å². The van der Waals surface area contributed by atoms with Crippen LogP contribution in [0, 0.1) is 6.92 Å². The van der Waals surface area contributed by atoms with Gasteiger partial charge in [-0.15, -0.1) is 0 Å². The van der Waals surface area contributed by atoms with Crippen molar-refractivity contribution in [3.05, 3.63) is 17.1 Å². The van der Waals surface area contributed by atoms with Gasteiger partial charge in [0.2, 0.25) is 0 Å². The van der Waals surface area contributed by atoms with Gasteiger partial charge in [-0.05, 0) is 20.3 Å². The molecule has 2 aliphatic heterocycles. The highest BCUT2D eigenvalue weighted by Crippen LogP contribution is 2.33. The van der Waals surface area contributed by atoms with Crippen LogP contribution in [0.3, 0.4) is 0 Å². The predicted octanol–water partition coefficient (Wildman–Crippen LogP) is 0.167. The van der Waals surface area contributed by atoms with Crippen molar-refractivity contribution in [1.29, 1.82) is 0 Å². The zero-order chi connectivity index (χ0) is 19.4. The van der Waals surface area contributed by atoms with Gasteiger partial charge in [-0.1, -0.05) is 0 Å². The summed E-state index contributed by atoms with van der Waals surface area (Å²) in [6, 6.07) is 0.399. The first-order chi connectivity index (χ1) is 11.3. The van der Waals surface area contributed by atoms with E-state index in [9.17, 15) is 16.8 Å². The van der Waals surface area contributed by atoms with Gasteiger partial charge in [0.15, 0.2) is 0 Å². The van der Waals surface area contributed by atoms with Crippen LogP contribution in [0.1, 0.15) is 36.5 Å². The third kappa shape index (κ3) is 8.54. The smallest absolute Gasteiger partial charge is 0.261 e. The van der Waals surface area contributed by atoms with E-state index in [4.69, 9.17) is 9.11 Å². The van der Waals surface area contributed by atoms with E-state index < -0.39 is 20.2 Å². The third-order valence-electron chi connectivity index (χ3n) is 3.28. The molecule has 3 heterocycles. The van der Waals surface area contributed by atoms with Crippen LogP contribution in [0.25, 0.3) is 0 Å². The molecule has 3 N–H and O–H groups in total. The van der Waals surface area contributed by atoms with E-state index in [-0.39, 0.29) is 0 Å². The Morgan fingerprint density at radius 1 is 1.08 bits per heavy atom. The fourth-order valence-electron chi connectivity index (χ4n) is 2.32. The Morgan fingerprint density at radius 3 is 1.96 bits per heavy atom. The lowest BCUT2D eigenvalue weighted by atomic mass is 10.1. The number of rotatable bonds is 1. The topological polar surface area (TPSA) is 150 Å². The minimum Gasteiger partial charge on any atom is -0.356 e. The van der Waals surface area contributed by atoms with Crippen molar-refractivity contribution >= 4 is 26.1 Å². The first-order valence-electron chi connectivity index (χ1n) is 7.46. The van der Waals surface area contributed by atoms with Gasteiger partial charge in [-0.2, -0.15) is 16.8 Å². The summed E-state index contributed by atoms with van der Waals surface area (Å²) < 4.78 is 51.7. The third-order valence-corrected chi connectivity index (χ3v) is 3.28. The Balaban J connectivity index is 0.000000262. The Bertz CT molecular complexity index is 760. The molecule has 0 bridgehead atoms. The summed E-state index contributed by atoms with van der Waals surface area (Å²) in [5.74, 6) is 2.06. The zero-order valence-corrected chi connectivity index (χ0v) is 16.2. The molecule has 2 aliphatic rings. The van der Waals surface area contributed by atoms with Gasteiger partial charge in [0.05, 0.1) is 18.2 Å². The van der Waals surface area contributed by atoms with E-state index in [0.29, 0.717) is 18.6 Å². The van der Waals surface area contributed by atoms with Crippen LogP contribution >= 0.6 is 0 Å². The molecule has 1 fully saturated rings. The molecule has 3 rings (SSSR count). The van der Waals surface area contributed by atoms with Crippen LogP contribution in [0.2, 0.25) is 0 Å². The monoisotopic (exact) mass is 396 g/mol. The molecule has 10 nitrogen and oxygen atoms in total. The lowest BCUT2D eigenvalue weighted by Crippen LogP contribution is -2.38. The van der Waals surface area contributed by atoms with Crippen LogP contribution in [0.15, 0.2) is 0 Å². The molecule has 1 saturated heterocycles. The van der Waals surface area contributed by atoms with Crippen LogP contribution in [-0.4, -0.2) is 61.5 Å². The molecule has 0 spiro atoms. The molecular weight excluding hydrogens is 372 g/mol. The van der Waals surface area contributed by atoms with Gasteiger partial charge in [0, 0.05) is 31.2 Å². The van der Waals surface area contributed by atoms with Crippen molar-refractivity contribution in [2.45, 2.75) is 32.9 Å². The number of aromatic nitrogens is 2. The summed E-state index contributed by atoms with van der Waals surface area (Å²) in [7, 11) is -7.33. The van der Waals surface area contributed by atoms with Gasteiger partial charge in [0.25, 0.3) is 20.2 Å². The quantitative estimate of drug-likeness (QED) is 0.560. The number of fused-ring (bicyclic) bond motifs is 1. The van der Waals surface area contributed by atoms with Gasteiger partial charge in [-0.25, -0.2) is 9.97 Å². The van der Waals surface area contributed by atoms with Crippen LogP contribution in [0.4, 0.5) is 5.82 Å². The fraction of sp³-hybridized carbons (Fsp3) is 0.692. The SMILES string of the molecule is CS(=O)(=O)O.CS(=O)(=O)O.Cc1nc2c(c(N3CCC3)n1)[C@H](C)NC2. The van der Waals surface area contributed by atoms with Crippen LogP contribution < -0.4 is 10.2 Å². The molecule has 1 aromatic heterocycles. The fourth-order valence-corrected chi connectivity index (χ4v) is 2.32. The van der Waals surface area contributed by atoms with E-state index in [0.717, 1.165) is 25.5 Å². The molecular formula is C13H24N4O6S2. The van der Waals surface area contributed by atoms with Crippen molar-refractivity contribution in [2.75, 3.05) is 30.5 Å². The standard InChI is InChI=1S/C11H16N4.2CH4O3S/c1-7-10-9(6-12-7)13-8(2)14-11(10)15-4-3-5-15;2*1-5(2,3)4/h7,12H,3-6H2,1-2H3;2*1H3,(H,2,3,4)/t7-;;/m0../s1. The maximum absolute atomic E-state index is 9.19. The summed E-state index contributed by atoms with van der Waals surface area (Å²) >= 11 is 0. The minimum atomic E-state index is -3.67. The summed E-state index contributed by atoms with van der Waals surface area (Å²) in [4.78, 5) is 11.5. The second-order valence-corrected chi connectivity index (χ2v) is 8.80.